The predicted molar refractivity (Wildman–Crippen MR) is 85.4 cm³/mol. The minimum absolute atomic E-state index is 0.559. The largest absolute Gasteiger partial charge is 0.495 e. The van der Waals surface area contributed by atoms with Crippen LogP contribution >= 0.6 is 31.9 Å². The van der Waals surface area contributed by atoms with Gasteiger partial charge in [0.1, 0.15) is 11.4 Å². The average Bonchev–Trinajstić information content (AvgIpc) is 2.25. The molecule has 5 nitrogen and oxygen atoms in total. The lowest BCUT2D eigenvalue weighted by Crippen LogP contribution is -2.29. The third kappa shape index (κ3) is 5.50. The fourth-order valence-electron chi connectivity index (χ4n) is 1.35. The van der Waals surface area contributed by atoms with Crippen molar-refractivity contribution in [1.29, 1.82) is 0 Å². The van der Waals surface area contributed by atoms with Gasteiger partial charge in [0.25, 0.3) is 0 Å². The van der Waals surface area contributed by atoms with E-state index in [1.807, 2.05) is 12.1 Å². The highest BCUT2D eigenvalue weighted by Crippen LogP contribution is 2.31. The molecule has 0 aromatic heterocycles. The number of amides is 1. The molecule has 0 bridgehead atoms. The van der Waals surface area contributed by atoms with E-state index in [2.05, 4.69) is 42.4 Å². The number of ether oxygens (including phenoxy) is 2. The van der Waals surface area contributed by atoms with Crippen molar-refractivity contribution in [3.05, 3.63) is 26.6 Å². The van der Waals surface area contributed by atoms with Crippen LogP contribution in [0.3, 0.4) is 0 Å². The van der Waals surface area contributed by atoms with E-state index in [1.165, 1.54) is 6.21 Å². The maximum Gasteiger partial charge on any atom is 0.428 e. The Hall–Kier alpha value is -1.08. The van der Waals surface area contributed by atoms with Gasteiger partial charge in [-0.2, -0.15) is 5.10 Å². The zero-order chi connectivity index (χ0) is 15.3. The molecule has 0 saturated heterocycles. The lowest BCUT2D eigenvalue weighted by atomic mass is 10.2. The van der Waals surface area contributed by atoms with Gasteiger partial charge in [0.05, 0.1) is 17.8 Å². The minimum Gasteiger partial charge on any atom is -0.495 e. The van der Waals surface area contributed by atoms with Crippen LogP contribution in [-0.2, 0) is 4.74 Å². The normalized spacial score (nSPS) is 11.5. The number of methoxy groups -OCH3 is 1. The molecule has 1 aromatic rings. The third-order valence-electron chi connectivity index (χ3n) is 2.00. The van der Waals surface area contributed by atoms with Crippen LogP contribution in [0.4, 0.5) is 4.79 Å². The number of carbonyl (C=O) groups is 1. The van der Waals surface area contributed by atoms with E-state index in [4.69, 9.17) is 9.47 Å². The number of rotatable bonds is 3. The molecular formula is C13H16Br2N2O3. The van der Waals surface area contributed by atoms with Crippen LogP contribution in [0, 0.1) is 0 Å². The van der Waals surface area contributed by atoms with Crippen LogP contribution in [0.5, 0.6) is 5.75 Å². The van der Waals surface area contributed by atoms with Gasteiger partial charge in [0, 0.05) is 10.0 Å². The lowest BCUT2D eigenvalue weighted by Gasteiger charge is -2.18. The molecule has 0 radical (unpaired) electrons. The van der Waals surface area contributed by atoms with Gasteiger partial charge in [0.15, 0.2) is 0 Å². The Morgan fingerprint density at radius 1 is 1.35 bits per heavy atom. The summed E-state index contributed by atoms with van der Waals surface area (Å²) in [6.45, 7) is 5.35. The number of hydrogen-bond donors (Lipinski definition) is 1. The maximum atomic E-state index is 11.4. The molecule has 0 aliphatic rings. The van der Waals surface area contributed by atoms with Crippen molar-refractivity contribution >= 4 is 44.2 Å². The molecular weight excluding hydrogens is 392 g/mol. The number of nitrogens with one attached hydrogen (secondary N) is 1. The molecule has 1 aromatic carbocycles. The first-order valence-corrected chi connectivity index (χ1v) is 7.36. The van der Waals surface area contributed by atoms with Crippen molar-refractivity contribution in [2.45, 2.75) is 26.4 Å². The van der Waals surface area contributed by atoms with Crippen molar-refractivity contribution in [3.8, 4) is 5.75 Å². The van der Waals surface area contributed by atoms with E-state index in [9.17, 15) is 4.79 Å². The van der Waals surface area contributed by atoms with Crippen LogP contribution < -0.4 is 10.2 Å². The smallest absolute Gasteiger partial charge is 0.428 e. The molecule has 0 atom stereocenters. The molecule has 0 fully saturated rings. The molecule has 0 aliphatic carbocycles. The van der Waals surface area contributed by atoms with Gasteiger partial charge in [-0.05, 0) is 48.8 Å². The summed E-state index contributed by atoms with van der Waals surface area (Å²) in [4.78, 5) is 11.4. The summed E-state index contributed by atoms with van der Waals surface area (Å²) in [5.74, 6) is 0.628. The van der Waals surface area contributed by atoms with E-state index in [1.54, 1.807) is 27.9 Å². The second-order valence-corrected chi connectivity index (χ2v) is 6.65. The first-order chi connectivity index (χ1) is 9.23. The monoisotopic (exact) mass is 406 g/mol. The molecule has 0 saturated carbocycles. The number of halogens is 2. The minimum atomic E-state index is -0.609. The number of nitrogens with zero attached hydrogens (tertiary/aromatic N) is 1. The molecule has 20 heavy (non-hydrogen) atoms. The lowest BCUT2D eigenvalue weighted by molar-refractivity contribution is 0.0529. The van der Waals surface area contributed by atoms with Gasteiger partial charge >= 0.3 is 6.09 Å². The summed E-state index contributed by atoms with van der Waals surface area (Å²) in [6.07, 6.45) is 0.875. The summed E-state index contributed by atoms with van der Waals surface area (Å²) in [7, 11) is 1.56. The van der Waals surface area contributed by atoms with Gasteiger partial charge < -0.3 is 9.47 Å². The highest BCUT2D eigenvalue weighted by molar-refractivity contribution is 9.11. The van der Waals surface area contributed by atoms with E-state index < -0.39 is 11.7 Å². The van der Waals surface area contributed by atoms with Gasteiger partial charge in [0.2, 0.25) is 0 Å². The van der Waals surface area contributed by atoms with Crippen molar-refractivity contribution < 1.29 is 14.3 Å². The van der Waals surface area contributed by atoms with E-state index in [-0.39, 0.29) is 0 Å². The maximum absolute atomic E-state index is 11.4. The fourth-order valence-corrected chi connectivity index (χ4v) is 2.77. The van der Waals surface area contributed by atoms with Gasteiger partial charge in [-0.15, -0.1) is 0 Å². The average molecular weight is 408 g/mol. The van der Waals surface area contributed by atoms with Crippen LogP contribution in [0.15, 0.2) is 26.2 Å². The summed E-state index contributed by atoms with van der Waals surface area (Å²) >= 11 is 6.77. The molecule has 0 aliphatic heterocycles. The Balaban J connectivity index is 2.78. The SMILES string of the molecule is COc1c(Br)cc(Br)cc1/C=N/NC(=O)OC(C)(C)C. The number of hydrogen-bond acceptors (Lipinski definition) is 4. The van der Waals surface area contributed by atoms with E-state index in [0.29, 0.717) is 11.3 Å². The van der Waals surface area contributed by atoms with E-state index >= 15 is 0 Å². The number of carbonyl (C=O) groups excluding carboxylic acids is 1. The van der Waals surface area contributed by atoms with Crippen LogP contribution in [0.1, 0.15) is 26.3 Å². The highest BCUT2D eigenvalue weighted by atomic mass is 79.9. The summed E-state index contributed by atoms with van der Waals surface area (Å²) in [5.41, 5.74) is 2.45. The Morgan fingerprint density at radius 2 is 2.00 bits per heavy atom. The fraction of sp³-hybridized carbons (Fsp3) is 0.385. The molecule has 7 heteroatoms. The molecule has 0 spiro atoms. The first-order valence-electron chi connectivity index (χ1n) is 5.78. The molecule has 1 amide bonds. The van der Waals surface area contributed by atoms with Gasteiger partial charge in [-0.3, -0.25) is 0 Å². The Kier molecular flexibility index (Phi) is 6.01. The van der Waals surface area contributed by atoms with Crippen molar-refractivity contribution in [2.75, 3.05) is 7.11 Å². The van der Waals surface area contributed by atoms with Crippen molar-refractivity contribution in [2.24, 2.45) is 5.10 Å². The standard InChI is InChI=1S/C13H16Br2N2O3/c1-13(2,3)20-12(18)17-16-7-8-5-9(14)6-10(15)11(8)19-4/h5-7H,1-4H3,(H,17,18)/b16-7+. The van der Waals surface area contributed by atoms with Crippen LogP contribution in [-0.4, -0.2) is 25.0 Å². The Morgan fingerprint density at radius 3 is 2.55 bits per heavy atom. The van der Waals surface area contributed by atoms with Gasteiger partial charge in [-0.1, -0.05) is 15.9 Å². The number of benzene rings is 1. The van der Waals surface area contributed by atoms with Crippen molar-refractivity contribution in [3.63, 3.8) is 0 Å². The van der Waals surface area contributed by atoms with Crippen molar-refractivity contribution in [1.82, 2.24) is 5.43 Å². The third-order valence-corrected chi connectivity index (χ3v) is 3.05. The van der Waals surface area contributed by atoms with E-state index in [0.717, 1.165) is 8.95 Å². The molecule has 1 N–H and O–H groups in total. The van der Waals surface area contributed by atoms with Crippen LogP contribution in [0.2, 0.25) is 0 Å². The quantitative estimate of drug-likeness (QED) is 0.606. The first kappa shape index (κ1) is 17.0. The highest BCUT2D eigenvalue weighted by Gasteiger charge is 2.15. The zero-order valence-electron chi connectivity index (χ0n) is 11.7. The second kappa shape index (κ2) is 7.08. The second-order valence-electron chi connectivity index (χ2n) is 4.88. The predicted octanol–water partition coefficient (Wildman–Crippen LogP) is 4.08. The zero-order valence-corrected chi connectivity index (χ0v) is 14.8. The van der Waals surface area contributed by atoms with Gasteiger partial charge in [-0.25, -0.2) is 10.2 Å². The number of hydrazone groups is 1. The summed E-state index contributed by atoms with van der Waals surface area (Å²) < 4.78 is 12.0. The molecule has 1 rings (SSSR count). The van der Waals surface area contributed by atoms with Crippen LogP contribution in [0.25, 0.3) is 0 Å². The molecule has 0 heterocycles. The summed E-state index contributed by atoms with van der Waals surface area (Å²) in [5, 5.41) is 3.85. The summed E-state index contributed by atoms with van der Waals surface area (Å²) in [6, 6.07) is 3.68. The Labute approximate surface area is 135 Å². The topological polar surface area (TPSA) is 59.9 Å². The Bertz CT molecular complexity index is 525. The molecule has 110 valence electrons. The molecule has 0 unspecified atom stereocenters.